The van der Waals surface area contributed by atoms with Crippen LogP contribution in [0.4, 0.5) is 19.6 Å². The largest absolute Gasteiger partial charge is 0.491 e. The molecule has 1 unspecified atom stereocenters. The molecule has 1 atom stereocenters. The minimum absolute atomic E-state index is 0.0811. The summed E-state index contributed by atoms with van der Waals surface area (Å²) in [5.41, 5.74) is 0.327. The molecule has 1 aromatic heterocycles. The molecule has 9 heteroatoms. The maximum atomic E-state index is 13.6. The molecule has 0 spiro atoms. The monoisotopic (exact) mass is 395 g/mol. The van der Waals surface area contributed by atoms with Crippen LogP contribution >= 0.6 is 23.1 Å². The fourth-order valence-electron chi connectivity index (χ4n) is 1.94. The first-order valence-corrected chi connectivity index (χ1v) is 9.44. The van der Waals surface area contributed by atoms with E-state index in [0.29, 0.717) is 26.7 Å². The lowest BCUT2D eigenvalue weighted by Gasteiger charge is -2.11. The third kappa shape index (κ3) is 5.38. The number of ether oxygens (including phenoxy) is 1. The first-order valence-electron chi connectivity index (χ1n) is 7.64. The van der Waals surface area contributed by atoms with Crippen molar-refractivity contribution in [1.82, 2.24) is 10.2 Å². The van der Waals surface area contributed by atoms with Crippen molar-refractivity contribution in [2.24, 2.45) is 0 Å². The molecule has 0 aliphatic carbocycles. The number of anilines is 2. The number of aliphatic hydroxyl groups is 1. The second-order valence-corrected chi connectivity index (χ2v) is 7.45. The van der Waals surface area contributed by atoms with Gasteiger partial charge in [0.2, 0.25) is 5.13 Å². The molecular formula is C17H15F2N3O2S2. The van der Waals surface area contributed by atoms with Gasteiger partial charge < -0.3 is 15.2 Å². The molecule has 0 saturated heterocycles. The minimum atomic E-state index is -0.725. The summed E-state index contributed by atoms with van der Waals surface area (Å²) in [5.74, 6) is 0.132. The highest BCUT2D eigenvalue weighted by molar-refractivity contribution is 8.01. The van der Waals surface area contributed by atoms with Crippen LogP contribution in [0.2, 0.25) is 0 Å². The van der Waals surface area contributed by atoms with E-state index in [2.05, 4.69) is 15.5 Å². The maximum Gasteiger partial charge on any atom is 0.210 e. The lowest BCUT2D eigenvalue weighted by atomic mass is 10.3. The molecule has 3 rings (SSSR count). The average molecular weight is 395 g/mol. The summed E-state index contributed by atoms with van der Waals surface area (Å²) >= 11 is 2.59. The van der Waals surface area contributed by atoms with E-state index < -0.39 is 6.10 Å². The minimum Gasteiger partial charge on any atom is -0.491 e. The number of nitrogens with one attached hydrogen (secondary N) is 1. The Morgan fingerprint density at radius 1 is 1.12 bits per heavy atom. The normalized spacial score (nSPS) is 12.0. The number of halogens is 2. The van der Waals surface area contributed by atoms with Gasteiger partial charge in [0.1, 0.15) is 24.0 Å². The Balaban J connectivity index is 1.45. The van der Waals surface area contributed by atoms with Gasteiger partial charge in [-0.25, -0.2) is 8.78 Å². The molecule has 0 fully saturated rings. The number of hydrogen-bond donors (Lipinski definition) is 2. The third-order valence-corrected chi connectivity index (χ3v) is 5.29. The van der Waals surface area contributed by atoms with Crippen molar-refractivity contribution in [1.29, 1.82) is 0 Å². The van der Waals surface area contributed by atoms with Crippen LogP contribution in [0.5, 0.6) is 5.75 Å². The van der Waals surface area contributed by atoms with Crippen molar-refractivity contribution in [2.45, 2.75) is 10.4 Å². The summed E-state index contributed by atoms with van der Waals surface area (Å²) in [5, 5.41) is 21.3. The van der Waals surface area contributed by atoms with E-state index in [0.717, 1.165) is 0 Å². The number of para-hydroxylation sites is 1. The zero-order valence-corrected chi connectivity index (χ0v) is 15.1. The highest BCUT2D eigenvalue weighted by Crippen LogP contribution is 2.28. The van der Waals surface area contributed by atoms with E-state index in [-0.39, 0.29) is 18.2 Å². The number of nitrogens with zero attached hydrogens (tertiary/aromatic N) is 2. The SMILES string of the molecule is OC(COc1ccc(F)cc1)CSc1nnc(Nc2ccccc2F)s1. The molecule has 26 heavy (non-hydrogen) atoms. The van der Waals surface area contributed by atoms with Gasteiger partial charge >= 0.3 is 0 Å². The second kappa shape index (κ2) is 8.93. The molecule has 1 heterocycles. The van der Waals surface area contributed by atoms with Crippen LogP contribution in [0.15, 0.2) is 52.9 Å². The maximum absolute atomic E-state index is 13.6. The van der Waals surface area contributed by atoms with E-state index in [9.17, 15) is 13.9 Å². The molecule has 0 saturated carbocycles. The predicted octanol–water partition coefficient (Wildman–Crippen LogP) is 4.09. The summed E-state index contributed by atoms with van der Waals surface area (Å²) in [6.07, 6.45) is -0.725. The highest BCUT2D eigenvalue weighted by Gasteiger charge is 2.11. The van der Waals surface area contributed by atoms with Crippen molar-refractivity contribution in [3.63, 3.8) is 0 Å². The molecule has 3 aromatic rings. The van der Waals surface area contributed by atoms with Gasteiger partial charge in [0, 0.05) is 5.75 Å². The lowest BCUT2D eigenvalue weighted by molar-refractivity contribution is 0.126. The molecule has 2 aromatic carbocycles. The molecule has 5 nitrogen and oxygen atoms in total. The van der Waals surface area contributed by atoms with E-state index in [4.69, 9.17) is 4.74 Å². The van der Waals surface area contributed by atoms with Gasteiger partial charge in [-0.3, -0.25) is 0 Å². The van der Waals surface area contributed by atoms with Crippen molar-refractivity contribution in [2.75, 3.05) is 17.7 Å². The van der Waals surface area contributed by atoms with Gasteiger partial charge in [0.25, 0.3) is 0 Å². The molecule has 0 aliphatic rings. The molecule has 136 valence electrons. The van der Waals surface area contributed by atoms with Gasteiger partial charge in [-0.2, -0.15) is 0 Å². The average Bonchev–Trinajstić information content (AvgIpc) is 3.09. The van der Waals surface area contributed by atoms with Crippen LogP contribution in [-0.4, -0.2) is 33.8 Å². The van der Waals surface area contributed by atoms with Gasteiger partial charge in [-0.05, 0) is 36.4 Å². The molecule has 0 amide bonds. The van der Waals surface area contributed by atoms with Gasteiger partial charge in [-0.15, -0.1) is 10.2 Å². The van der Waals surface area contributed by atoms with Crippen LogP contribution in [-0.2, 0) is 0 Å². The Labute approximate surface area is 157 Å². The standard InChI is InChI=1S/C17H15F2N3O2S2/c18-11-5-7-13(8-6-11)24-9-12(23)10-25-17-22-21-16(26-17)20-15-4-2-1-3-14(15)19/h1-8,12,23H,9-10H2,(H,20,21). The molecule has 0 radical (unpaired) electrons. The van der Waals surface area contributed by atoms with Crippen LogP contribution in [0.3, 0.4) is 0 Å². The molecule has 0 bridgehead atoms. The number of hydrogen-bond acceptors (Lipinski definition) is 7. The molecule has 2 N–H and O–H groups in total. The Kier molecular flexibility index (Phi) is 6.37. The lowest BCUT2D eigenvalue weighted by Crippen LogP contribution is -2.20. The summed E-state index contributed by atoms with van der Waals surface area (Å²) in [6.45, 7) is 0.0811. The smallest absolute Gasteiger partial charge is 0.210 e. The topological polar surface area (TPSA) is 67.3 Å². The fourth-order valence-corrected chi connectivity index (χ4v) is 3.63. The Morgan fingerprint density at radius 3 is 2.65 bits per heavy atom. The zero-order valence-electron chi connectivity index (χ0n) is 13.4. The number of rotatable bonds is 8. The zero-order chi connectivity index (χ0) is 18.4. The molecule has 0 aliphatic heterocycles. The van der Waals surface area contributed by atoms with Crippen LogP contribution < -0.4 is 10.1 Å². The fraction of sp³-hybridized carbons (Fsp3) is 0.176. The second-order valence-electron chi connectivity index (χ2n) is 5.21. The van der Waals surface area contributed by atoms with Crippen LogP contribution in [0.25, 0.3) is 0 Å². The summed E-state index contributed by atoms with van der Waals surface area (Å²) in [7, 11) is 0. The van der Waals surface area contributed by atoms with E-state index in [1.165, 1.54) is 53.4 Å². The number of thioether (sulfide) groups is 1. The van der Waals surface area contributed by atoms with E-state index >= 15 is 0 Å². The summed E-state index contributed by atoms with van der Waals surface area (Å²) in [6, 6.07) is 11.9. The predicted molar refractivity (Wildman–Crippen MR) is 98.2 cm³/mol. The van der Waals surface area contributed by atoms with Crippen LogP contribution in [0.1, 0.15) is 0 Å². The van der Waals surface area contributed by atoms with E-state index in [1.807, 2.05) is 0 Å². The van der Waals surface area contributed by atoms with Crippen molar-refractivity contribution < 1.29 is 18.6 Å². The van der Waals surface area contributed by atoms with E-state index in [1.54, 1.807) is 18.2 Å². The van der Waals surface area contributed by atoms with Crippen molar-refractivity contribution in [3.8, 4) is 5.75 Å². The Bertz CT molecular complexity index is 846. The van der Waals surface area contributed by atoms with Gasteiger partial charge in [0.15, 0.2) is 4.34 Å². The number of aromatic nitrogens is 2. The van der Waals surface area contributed by atoms with Crippen molar-refractivity contribution >= 4 is 33.9 Å². The highest BCUT2D eigenvalue weighted by atomic mass is 32.2. The number of benzene rings is 2. The van der Waals surface area contributed by atoms with Gasteiger partial charge in [-0.1, -0.05) is 35.2 Å². The van der Waals surface area contributed by atoms with Gasteiger partial charge in [0.05, 0.1) is 11.8 Å². The number of aliphatic hydroxyl groups excluding tert-OH is 1. The summed E-state index contributed by atoms with van der Waals surface area (Å²) < 4.78 is 32.4. The first kappa shape index (κ1) is 18.6. The third-order valence-electron chi connectivity index (χ3n) is 3.18. The quantitative estimate of drug-likeness (QED) is 0.560. The Hall–Kier alpha value is -2.23. The van der Waals surface area contributed by atoms with Crippen LogP contribution in [0, 0.1) is 11.6 Å². The Morgan fingerprint density at radius 2 is 1.88 bits per heavy atom. The molecular weight excluding hydrogens is 380 g/mol. The summed E-state index contributed by atoms with van der Waals surface area (Å²) in [4.78, 5) is 0. The first-order chi connectivity index (χ1) is 12.6. The van der Waals surface area contributed by atoms with Crippen molar-refractivity contribution in [3.05, 3.63) is 60.2 Å².